The topological polar surface area (TPSA) is 71.3 Å². The van der Waals surface area contributed by atoms with Gasteiger partial charge in [0.2, 0.25) is 0 Å². The third kappa shape index (κ3) is 4.90. The van der Waals surface area contributed by atoms with Gasteiger partial charge in [-0.15, -0.1) is 0 Å². The van der Waals surface area contributed by atoms with Crippen LogP contribution in [0.1, 0.15) is 13.3 Å². The zero-order chi connectivity index (χ0) is 15.3. The van der Waals surface area contributed by atoms with Gasteiger partial charge in [0.1, 0.15) is 18.2 Å². The molecular weight excluding hydrogens is 277 g/mol. The molecule has 0 aliphatic heterocycles. The van der Waals surface area contributed by atoms with Crippen LogP contribution in [0.2, 0.25) is 0 Å². The molecule has 0 spiro atoms. The van der Waals surface area contributed by atoms with Gasteiger partial charge in [0.15, 0.2) is 0 Å². The number of nitrogens with zero attached hydrogens (tertiary/aromatic N) is 3. The summed E-state index contributed by atoms with van der Waals surface area (Å²) in [6, 6.07) is 2.21. The number of hydrogen-bond donors (Lipinski definition) is 1. The van der Waals surface area contributed by atoms with Gasteiger partial charge in [-0.2, -0.15) is 13.2 Å². The van der Waals surface area contributed by atoms with Gasteiger partial charge >= 0.3 is 6.18 Å². The minimum Gasteiger partial charge on any atom is -0.370 e. The summed E-state index contributed by atoms with van der Waals surface area (Å²) in [6.45, 7) is 1.19. The molecule has 0 aliphatic carbocycles. The molecule has 0 radical (unpaired) electrons. The summed E-state index contributed by atoms with van der Waals surface area (Å²) in [6.07, 6.45) is -3.64. The second-order valence-electron chi connectivity index (χ2n) is 4.22. The Morgan fingerprint density at radius 1 is 1.45 bits per heavy atom. The maximum Gasteiger partial charge on any atom is 0.405 e. The molecule has 0 aromatic carbocycles. The molecule has 1 aromatic rings. The van der Waals surface area contributed by atoms with E-state index in [0.717, 1.165) is 17.4 Å². The Bertz CT molecular complexity index is 479. The molecular formula is C11H15F3N4O2. The molecule has 1 heterocycles. The molecule has 0 saturated carbocycles. The van der Waals surface area contributed by atoms with Crippen LogP contribution in [0.15, 0.2) is 12.1 Å². The van der Waals surface area contributed by atoms with Crippen molar-refractivity contribution in [3.63, 3.8) is 0 Å². The number of nitro groups is 1. The highest BCUT2D eigenvalue weighted by Gasteiger charge is 2.30. The van der Waals surface area contributed by atoms with Crippen LogP contribution in [0.3, 0.4) is 0 Å². The number of rotatable bonds is 6. The van der Waals surface area contributed by atoms with Crippen molar-refractivity contribution in [1.29, 1.82) is 0 Å². The first kappa shape index (κ1) is 16.0. The van der Waals surface area contributed by atoms with Crippen LogP contribution in [0.4, 0.5) is 30.5 Å². The maximum atomic E-state index is 12.3. The van der Waals surface area contributed by atoms with E-state index < -0.39 is 17.6 Å². The Labute approximate surface area is 113 Å². The van der Waals surface area contributed by atoms with E-state index >= 15 is 0 Å². The highest BCUT2D eigenvalue weighted by atomic mass is 19.4. The number of anilines is 2. The summed E-state index contributed by atoms with van der Waals surface area (Å²) in [5, 5.41) is 13.6. The van der Waals surface area contributed by atoms with Gasteiger partial charge in [-0.3, -0.25) is 10.1 Å². The first-order valence-corrected chi connectivity index (χ1v) is 5.91. The van der Waals surface area contributed by atoms with E-state index in [4.69, 9.17) is 0 Å². The number of halogens is 3. The van der Waals surface area contributed by atoms with Gasteiger partial charge < -0.3 is 10.2 Å². The van der Waals surface area contributed by atoms with Crippen molar-refractivity contribution in [2.24, 2.45) is 0 Å². The van der Waals surface area contributed by atoms with Crippen LogP contribution in [0.25, 0.3) is 0 Å². The Morgan fingerprint density at radius 3 is 2.60 bits per heavy atom. The summed E-state index contributed by atoms with van der Waals surface area (Å²) in [5.74, 6) is 0.0835. The second kappa shape index (κ2) is 6.40. The molecule has 20 heavy (non-hydrogen) atoms. The number of alkyl halides is 3. The first-order valence-electron chi connectivity index (χ1n) is 5.91. The van der Waals surface area contributed by atoms with Crippen molar-refractivity contribution in [3.05, 3.63) is 22.2 Å². The van der Waals surface area contributed by atoms with Crippen molar-refractivity contribution < 1.29 is 18.1 Å². The minimum atomic E-state index is -4.40. The van der Waals surface area contributed by atoms with E-state index in [-0.39, 0.29) is 17.3 Å². The van der Waals surface area contributed by atoms with E-state index in [1.165, 1.54) is 13.1 Å². The molecule has 1 N–H and O–H groups in total. The number of pyridine rings is 1. The normalized spacial score (nSPS) is 11.2. The van der Waals surface area contributed by atoms with Gasteiger partial charge in [0.25, 0.3) is 5.69 Å². The minimum absolute atomic E-state index is 0.102. The summed E-state index contributed by atoms with van der Waals surface area (Å²) in [5.41, 5.74) is -0.303. The lowest BCUT2D eigenvalue weighted by molar-refractivity contribution is -0.384. The van der Waals surface area contributed by atoms with Crippen molar-refractivity contribution in [3.8, 4) is 0 Å². The molecule has 0 fully saturated rings. The average Bonchev–Trinajstić information content (AvgIpc) is 2.33. The lowest BCUT2D eigenvalue weighted by Crippen LogP contribution is -2.31. The average molecular weight is 292 g/mol. The Morgan fingerprint density at radius 2 is 2.10 bits per heavy atom. The lowest BCUT2D eigenvalue weighted by Gasteiger charge is -2.20. The van der Waals surface area contributed by atoms with Crippen LogP contribution < -0.4 is 10.2 Å². The highest BCUT2D eigenvalue weighted by Crippen LogP contribution is 2.25. The fourth-order valence-corrected chi connectivity index (χ4v) is 1.50. The van der Waals surface area contributed by atoms with Crippen molar-refractivity contribution in [1.82, 2.24) is 4.98 Å². The fraction of sp³-hybridized carbons (Fsp3) is 0.545. The molecule has 1 rings (SSSR count). The van der Waals surface area contributed by atoms with Crippen LogP contribution in [0.5, 0.6) is 0 Å². The predicted molar refractivity (Wildman–Crippen MR) is 69.0 cm³/mol. The standard InChI is InChI=1S/C11H15F3N4O2/c1-3-4-15-9-5-8(18(19)20)6-10(16-9)17(2)7-11(12,13)14/h5-6H,3-4,7H2,1-2H3,(H,15,16). The molecule has 0 bridgehead atoms. The molecule has 0 aliphatic rings. The van der Waals surface area contributed by atoms with E-state index in [1.807, 2.05) is 6.92 Å². The molecule has 9 heteroatoms. The number of hydrogen-bond acceptors (Lipinski definition) is 5. The van der Waals surface area contributed by atoms with Crippen molar-refractivity contribution in [2.75, 3.05) is 30.4 Å². The SMILES string of the molecule is CCCNc1cc([N+](=O)[O-])cc(N(C)CC(F)(F)F)n1. The van der Waals surface area contributed by atoms with Gasteiger partial charge in [0.05, 0.1) is 17.1 Å². The van der Waals surface area contributed by atoms with E-state index in [2.05, 4.69) is 10.3 Å². The van der Waals surface area contributed by atoms with Crippen molar-refractivity contribution >= 4 is 17.3 Å². The molecule has 1 aromatic heterocycles. The van der Waals surface area contributed by atoms with Gasteiger partial charge in [-0.05, 0) is 6.42 Å². The van der Waals surface area contributed by atoms with Gasteiger partial charge in [0, 0.05) is 13.6 Å². The highest BCUT2D eigenvalue weighted by molar-refractivity contribution is 5.55. The van der Waals surface area contributed by atoms with E-state index in [1.54, 1.807) is 0 Å². The zero-order valence-corrected chi connectivity index (χ0v) is 11.1. The monoisotopic (exact) mass is 292 g/mol. The molecule has 0 amide bonds. The smallest absolute Gasteiger partial charge is 0.370 e. The summed E-state index contributed by atoms with van der Waals surface area (Å²) >= 11 is 0. The van der Waals surface area contributed by atoms with Gasteiger partial charge in [-0.25, -0.2) is 4.98 Å². The number of aromatic nitrogens is 1. The van der Waals surface area contributed by atoms with Crippen LogP contribution in [-0.2, 0) is 0 Å². The fourth-order valence-electron chi connectivity index (χ4n) is 1.50. The predicted octanol–water partition coefficient (Wildman–Crippen LogP) is 2.81. The maximum absolute atomic E-state index is 12.3. The lowest BCUT2D eigenvalue weighted by atomic mass is 10.3. The van der Waals surface area contributed by atoms with Crippen LogP contribution in [-0.4, -0.2) is 36.2 Å². The van der Waals surface area contributed by atoms with Crippen molar-refractivity contribution in [2.45, 2.75) is 19.5 Å². The summed E-state index contributed by atoms with van der Waals surface area (Å²) in [4.78, 5) is 14.9. The first-order chi connectivity index (χ1) is 9.23. The van der Waals surface area contributed by atoms with Crippen LogP contribution >= 0.6 is 0 Å². The molecule has 0 unspecified atom stereocenters. The quantitative estimate of drug-likeness (QED) is 0.645. The molecule has 112 valence electrons. The number of nitrogens with one attached hydrogen (secondary N) is 1. The van der Waals surface area contributed by atoms with E-state index in [0.29, 0.717) is 6.54 Å². The Hall–Kier alpha value is -2.06. The Kier molecular flexibility index (Phi) is 5.12. The molecule has 0 saturated heterocycles. The second-order valence-corrected chi connectivity index (χ2v) is 4.22. The third-order valence-corrected chi connectivity index (χ3v) is 2.37. The zero-order valence-electron chi connectivity index (χ0n) is 11.1. The summed E-state index contributed by atoms with van der Waals surface area (Å²) < 4.78 is 37.0. The summed E-state index contributed by atoms with van der Waals surface area (Å²) in [7, 11) is 1.18. The molecule has 0 atom stereocenters. The van der Waals surface area contributed by atoms with Gasteiger partial charge in [-0.1, -0.05) is 6.92 Å². The Balaban J connectivity index is 3.04. The third-order valence-electron chi connectivity index (χ3n) is 2.37. The molecule has 6 nitrogen and oxygen atoms in total. The largest absolute Gasteiger partial charge is 0.405 e. The van der Waals surface area contributed by atoms with E-state index in [9.17, 15) is 23.3 Å². The van der Waals surface area contributed by atoms with Crippen LogP contribution in [0, 0.1) is 10.1 Å².